The molecule has 7 heteroatoms. The number of hydrogen-bond acceptors (Lipinski definition) is 4. The van der Waals surface area contributed by atoms with Gasteiger partial charge in [-0.05, 0) is 37.1 Å². The summed E-state index contributed by atoms with van der Waals surface area (Å²) in [5.74, 6) is -0.173. The van der Waals surface area contributed by atoms with Crippen LogP contribution in [0.15, 0.2) is 53.6 Å². The van der Waals surface area contributed by atoms with Crippen molar-refractivity contribution in [1.29, 1.82) is 0 Å². The zero-order valence-electron chi connectivity index (χ0n) is 14.8. The zero-order chi connectivity index (χ0) is 18.8. The summed E-state index contributed by atoms with van der Waals surface area (Å²) in [6, 6.07) is 15.3. The molecule has 138 valence electrons. The van der Waals surface area contributed by atoms with Crippen molar-refractivity contribution in [3.63, 3.8) is 0 Å². The quantitative estimate of drug-likeness (QED) is 0.414. The second-order valence-corrected chi connectivity index (χ2v) is 7.06. The predicted octanol–water partition coefficient (Wildman–Crippen LogP) is 3.19. The van der Waals surface area contributed by atoms with Gasteiger partial charge in [0, 0.05) is 33.2 Å². The van der Waals surface area contributed by atoms with Crippen LogP contribution in [-0.4, -0.2) is 23.1 Å². The molecule has 0 saturated carbocycles. The lowest BCUT2D eigenvalue weighted by molar-refractivity contribution is -0.122. The monoisotopic (exact) mass is 381 g/mol. The molecule has 27 heavy (non-hydrogen) atoms. The van der Waals surface area contributed by atoms with E-state index in [4.69, 9.17) is 11.6 Å². The molecule has 1 fully saturated rings. The van der Waals surface area contributed by atoms with Crippen LogP contribution in [0, 0.1) is 6.92 Å². The highest BCUT2D eigenvalue weighted by molar-refractivity contribution is 6.30. The average Bonchev–Trinajstić information content (AvgIpc) is 3.27. The fourth-order valence-corrected chi connectivity index (χ4v) is 3.47. The molecule has 2 aromatic carbocycles. The molecule has 0 bridgehead atoms. The van der Waals surface area contributed by atoms with E-state index in [9.17, 15) is 4.79 Å². The third-order valence-electron chi connectivity index (χ3n) is 4.80. The average molecular weight is 382 g/mol. The van der Waals surface area contributed by atoms with Crippen molar-refractivity contribution in [2.24, 2.45) is 5.10 Å². The number of nitrogens with one attached hydrogen (secondary N) is 4. The van der Waals surface area contributed by atoms with Crippen LogP contribution in [0.5, 0.6) is 0 Å². The first-order valence-electron chi connectivity index (χ1n) is 8.78. The number of hydrazine groups is 1. The van der Waals surface area contributed by atoms with E-state index >= 15 is 0 Å². The number of aryl methyl sites for hydroxylation is 1. The van der Waals surface area contributed by atoms with Crippen molar-refractivity contribution in [2.75, 3.05) is 0 Å². The molecule has 1 aliphatic rings. The van der Waals surface area contributed by atoms with E-state index in [-0.39, 0.29) is 18.0 Å². The fraction of sp³-hybridized carbons (Fsp3) is 0.200. The van der Waals surface area contributed by atoms with Gasteiger partial charge in [0.05, 0.1) is 6.21 Å². The number of aromatic nitrogens is 1. The summed E-state index contributed by atoms with van der Waals surface area (Å²) in [4.78, 5) is 15.7. The Hall–Kier alpha value is -2.67. The Labute approximate surface area is 162 Å². The van der Waals surface area contributed by atoms with Crippen LogP contribution in [0.2, 0.25) is 5.02 Å². The van der Waals surface area contributed by atoms with Crippen LogP contribution < -0.4 is 16.3 Å². The normalized spacial score (nSPS) is 19.8. The highest BCUT2D eigenvalue weighted by Crippen LogP contribution is 2.24. The summed E-state index contributed by atoms with van der Waals surface area (Å²) < 4.78 is 0. The molecule has 0 radical (unpaired) electrons. The number of fused-ring (bicyclic) bond motifs is 1. The standard InChI is InChI=1S/C20H20ClN5O/c1-12-16(15-4-2-3-5-17(15)23-12)11-22-26-20(27)19-10-18(24-25-19)13-6-8-14(21)9-7-13/h2-9,11,18-19,23-25H,10H2,1H3,(H,26,27)/b22-11+. The second-order valence-electron chi connectivity index (χ2n) is 6.62. The first kappa shape index (κ1) is 17.7. The molecule has 0 spiro atoms. The minimum absolute atomic E-state index is 0.0536. The van der Waals surface area contributed by atoms with Gasteiger partial charge in [-0.25, -0.2) is 16.3 Å². The molecule has 4 rings (SSSR count). The lowest BCUT2D eigenvalue weighted by Crippen LogP contribution is -2.41. The largest absolute Gasteiger partial charge is 0.358 e. The molecule has 2 unspecified atom stereocenters. The molecule has 2 heterocycles. The first-order chi connectivity index (χ1) is 13.1. The number of halogens is 1. The maximum Gasteiger partial charge on any atom is 0.258 e. The van der Waals surface area contributed by atoms with E-state index in [1.54, 1.807) is 6.21 Å². The summed E-state index contributed by atoms with van der Waals surface area (Å²) in [6.45, 7) is 1.99. The van der Waals surface area contributed by atoms with E-state index < -0.39 is 0 Å². The Kier molecular flexibility index (Phi) is 4.94. The number of H-pyrrole nitrogens is 1. The topological polar surface area (TPSA) is 81.3 Å². The van der Waals surface area contributed by atoms with Crippen LogP contribution in [0.4, 0.5) is 0 Å². The van der Waals surface area contributed by atoms with Crippen molar-refractivity contribution in [2.45, 2.75) is 25.4 Å². The lowest BCUT2D eigenvalue weighted by atomic mass is 10.0. The van der Waals surface area contributed by atoms with Crippen LogP contribution in [0.25, 0.3) is 10.9 Å². The Morgan fingerprint density at radius 1 is 1.19 bits per heavy atom. The van der Waals surface area contributed by atoms with E-state index in [1.807, 2.05) is 55.5 Å². The van der Waals surface area contributed by atoms with Gasteiger partial charge in [-0.1, -0.05) is 41.9 Å². The number of nitrogens with zero attached hydrogens (tertiary/aromatic N) is 1. The molecule has 1 saturated heterocycles. The summed E-state index contributed by atoms with van der Waals surface area (Å²) >= 11 is 5.93. The van der Waals surface area contributed by atoms with E-state index in [1.165, 1.54) is 0 Å². The lowest BCUT2D eigenvalue weighted by Gasteiger charge is -2.09. The van der Waals surface area contributed by atoms with Crippen LogP contribution in [0.1, 0.15) is 29.3 Å². The zero-order valence-corrected chi connectivity index (χ0v) is 15.5. The number of hydrogen-bond donors (Lipinski definition) is 4. The number of carbonyl (C=O) groups excluding carboxylic acids is 1. The second kappa shape index (κ2) is 7.52. The smallest absolute Gasteiger partial charge is 0.258 e. The van der Waals surface area contributed by atoms with E-state index in [0.717, 1.165) is 27.7 Å². The Morgan fingerprint density at radius 3 is 2.78 bits per heavy atom. The highest BCUT2D eigenvalue weighted by Gasteiger charge is 2.29. The van der Waals surface area contributed by atoms with Gasteiger partial charge in [-0.2, -0.15) is 5.10 Å². The summed E-state index contributed by atoms with van der Waals surface area (Å²) in [5.41, 5.74) is 12.9. The molecule has 4 N–H and O–H groups in total. The van der Waals surface area contributed by atoms with Crippen molar-refractivity contribution in [3.8, 4) is 0 Å². The van der Waals surface area contributed by atoms with Gasteiger partial charge in [-0.15, -0.1) is 0 Å². The number of benzene rings is 2. The maximum absolute atomic E-state index is 12.4. The molecular weight excluding hydrogens is 362 g/mol. The molecule has 1 aromatic heterocycles. The SMILES string of the molecule is Cc1[nH]c2ccccc2c1/C=N/NC(=O)C1CC(c2ccc(Cl)cc2)NN1. The van der Waals surface area contributed by atoms with Crippen LogP contribution in [0.3, 0.4) is 0 Å². The van der Waals surface area contributed by atoms with Crippen LogP contribution >= 0.6 is 11.6 Å². The van der Waals surface area contributed by atoms with E-state index in [2.05, 4.69) is 26.4 Å². The Morgan fingerprint density at radius 2 is 1.96 bits per heavy atom. The Balaban J connectivity index is 1.39. The number of rotatable bonds is 4. The molecule has 6 nitrogen and oxygen atoms in total. The van der Waals surface area contributed by atoms with Gasteiger partial charge in [0.25, 0.3) is 5.91 Å². The molecule has 0 aliphatic carbocycles. The maximum atomic E-state index is 12.4. The van der Waals surface area contributed by atoms with Crippen molar-refractivity contribution in [3.05, 3.63) is 70.4 Å². The minimum atomic E-state index is -0.355. The molecule has 1 amide bonds. The summed E-state index contributed by atoms with van der Waals surface area (Å²) in [5, 5.41) is 5.92. The van der Waals surface area contributed by atoms with Gasteiger partial charge >= 0.3 is 0 Å². The van der Waals surface area contributed by atoms with Crippen molar-refractivity contribution >= 4 is 34.6 Å². The molecular formula is C20H20ClN5O. The molecule has 3 aromatic rings. The molecule has 2 atom stereocenters. The summed E-state index contributed by atoms with van der Waals surface area (Å²) in [6.07, 6.45) is 2.32. The first-order valence-corrected chi connectivity index (χ1v) is 9.16. The highest BCUT2D eigenvalue weighted by atomic mass is 35.5. The Bertz CT molecular complexity index is 995. The van der Waals surface area contributed by atoms with Gasteiger partial charge in [-0.3, -0.25) is 4.79 Å². The number of amides is 1. The van der Waals surface area contributed by atoms with Gasteiger partial charge in [0.1, 0.15) is 6.04 Å². The number of carbonyl (C=O) groups is 1. The van der Waals surface area contributed by atoms with E-state index in [0.29, 0.717) is 11.4 Å². The fourth-order valence-electron chi connectivity index (χ4n) is 3.34. The third kappa shape index (κ3) is 3.73. The molecule has 1 aliphatic heterocycles. The van der Waals surface area contributed by atoms with Gasteiger partial charge < -0.3 is 4.98 Å². The van der Waals surface area contributed by atoms with Crippen LogP contribution in [-0.2, 0) is 4.79 Å². The number of para-hydroxylation sites is 1. The van der Waals surface area contributed by atoms with Crippen molar-refractivity contribution < 1.29 is 4.79 Å². The number of aromatic amines is 1. The minimum Gasteiger partial charge on any atom is -0.358 e. The predicted molar refractivity (Wildman–Crippen MR) is 108 cm³/mol. The third-order valence-corrected chi connectivity index (χ3v) is 5.06. The van der Waals surface area contributed by atoms with Gasteiger partial charge in [0.15, 0.2) is 0 Å². The number of hydrazone groups is 1. The van der Waals surface area contributed by atoms with Crippen molar-refractivity contribution in [1.82, 2.24) is 21.3 Å². The van der Waals surface area contributed by atoms with Gasteiger partial charge in [0.2, 0.25) is 0 Å². The summed E-state index contributed by atoms with van der Waals surface area (Å²) in [7, 11) is 0.